The van der Waals surface area contributed by atoms with Crippen molar-refractivity contribution in [2.45, 2.75) is 13.0 Å². The van der Waals surface area contributed by atoms with Crippen LogP contribution < -0.4 is 5.32 Å². The molecule has 1 aromatic rings. The Labute approximate surface area is 95.2 Å². The van der Waals surface area contributed by atoms with Gasteiger partial charge in [0.15, 0.2) is 0 Å². The number of carbonyl (C=O) groups is 1. The standard InChI is InChI=1S/C8H8ClN3O4/c1-4(8(13)14)11-7-6(9)2-5(3-10-7)12(15)16/h2-4H,1H3,(H,10,11)(H,13,14)/t4-/m0/s1. The number of nitrogens with zero attached hydrogens (tertiary/aromatic N) is 2. The van der Waals surface area contributed by atoms with E-state index in [2.05, 4.69) is 10.3 Å². The van der Waals surface area contributed by atoms with Gasteiger partial charge in [0.25, 0.3) is 5.69 Å². The monoisotopic (exact) mass is 245 g/mol. The molecular weight excluding hydrogens is 238 g/mol. The third kappa shape index (κ3) is 2.80. The largest absolute Gasteiger partial charge is 0.480 e. The third-order valence-corrected chi connectivity index (χ3v) is 2.05. The van der Waals surface area contributed by atoms with Crippen molar-refractivity contribution in [3.05, 3.63) is 27.4 Å². The number of aliphatic carboxylic acids is 1. The summed E-state index contributed by atoms with van der Waals surface area (Å²) in [5.41, 5.74) is -0.251. The van der Waals surface area contributed by atoms with Crippen LogP contribution in [0.4, 0.5) is 11.5 Å². The summed E-state index contributed by atoms with van der Waals surface area (Å²) in [7, 11) is 0. The number of rotatable bonds is 4. The van der Waals surface area contributed by atoms with Gasteiger partial charge in [-0.2, -0.15) is 0 Å². The summed E-state index contributed by atoms with van der Waals surface area (Å²) < 4.78 is 0. The molecule has 0 bridgehead atoms. The molecule has 0 fully saturated rings. The van der Waals surface area contributed by atoms with Crippen molar-refractivity contribution in [1.29, 1.82) is 0 Å². The molecule has 0 unspecified atom stereocenters. The number of aromatic nitrogens is 1. The molecule has 8 heteroatoms. The predicted molar refractivity (Wildman–Crippen MR) is 56.6 cm³/mol. The van der Waals surface area contributed by atoms with Crippen LogP contribution in [0.15, 0.2) is 12.3 Å². The van der Waals surface area contributed by atoms with Gasteiger partial charge in [-0.15, -0.1) is 0 Å². The van der Waals surface area contributed by atoms with Gasteiger partial charge in [-0.05, 0) is 6.92 Å². The Morgan fingerprint density at radius 3 is 2.81 bits per heavy atom. The van der Waals surface area contributed by atoms with Crippen LogP contribution in [-0.2, 0) is 4.79 Å². The molecule has 16 heavy (non-hydrogen) atoms. The summed E-state index contributed by atoms with van der Waals surface area (Å²) in [5, 5.41) is 21.5. The second-order valence-electron chi connectivity index (χ2n) is 2.99. The smallest absolute Gasteiger partial charge is 0.325 e. The highest BCUT2D eigenvalue weighted by molar-refractivity contribution is 6.33. The summed E-state index contributed by atoms with van der Waals surface area (Å²) in [6, 6.07) is 0.220. The Bertz CT molecular complexity index is 437. The summed E-state index contributed by atoms with van der Waals surface area (Å²) >= 11 is 5.70. The van der Waals surface area contributed by atoms with Gasteiger partial charge in [-0.3, -0.25) is 14.9 Å². The minimum Gasteiger partial charge on any atom is -0.480 e. The number of nitrogens with one attached hydrogen (secondary N) is 1. The van der Waals surface area contributed by atoms with Gasteiger partial charge < -0.3 is 10.4 Å². The zero-order valence-corrected chi connectivity index (χ0v) is 8.93. The van der Waals surface area contributed by atoms with Crippen molar-refractivity contribution in [2.24, 2.45) is 0 Å². The maximum absolute atomic E-state index is 10.5. The number of carboxylic acids is 1. The molecule has 86 valence electrons. The predicted octanol–water partition coefficient (Wildman–Crippen LogP) is 1.53. The number of pyridine rings is 1. The highest BCUT2D eigenvalue weighted by atomic mass is 35.5. The van der Waals surface area contributed by atoms with E-state index in [1.165, 1.54) is 6.92 Å². The molecule has 0 spiro atoms. The molecule has 2 N–H and O–H groups in total. The molecule has 1 rings (SSSR count). The van der Waals surface area contributed by atoms with Crippen LogP contribution in [0.25, 0.3) is 0 Å². The van der Waals surface area contributed by atoms with Crippen molar-refractivity contribution < 1.29 is 14.8 Å². The average Bonchev–Trinajstić information content (AvgIpc) is 2.20. The fourth-order valence-electron chi connectivity index (χ4n) is 0.901. The lowest BCUT2D eigenvalue weighted by atomic mass is 10.3. The molecular formula is C8H8ClN3O4. The molecule has 0 aromatic carbocycles. The zero-order chi connectivity index (χ0) is 12.3. The van der Waals surface area contributed by atoms with Gasteiger partial charge in [-0.1, -0.05) is 11.6 Å². The van der Waals surface area contributed by atoms with E-state index in [-0.39, 0.29) is 16.5 Å². The van der Waals surface area contributed by atoms with Gasteiger partial charge in [0, 0.05) is 6.07 Å². The van der Waals surface area contributed by atoms with Crippen LogP contribution in [0, 0.1) is 10.1 Å². The maximum atomic E-state index is 10.5. The molecule has 0 aliphatic rings. The first kappa shape index (κ1) is 12.2. The molecule has 0 radical (unpaired) electrons. The van der Waals surface area contributed by atoms with Crippen LogP contribution in [0.5, 0.6) is 0 Å². The number of carboxylic acid groups (broad SMARTS) is 1. The Hall–Kier alpha value is -1.89. The molecule has 0 aliphatic heterocycles. The second kappa shape index (κ2) is 4.75. The third-order valence-electron chi connectivity index (χ3n) is 1.76. The lowest BCUT2D eigenvalue weighted by Crippen LogP contribution is -2.26. The lowest BCUT2D eigenvalue weighted by molar-refractivity contribution is -0.385. The topological polar surface area (TPSA) is 105 Å². The number of nitro groups is 1. The summed E-state index contributed by atoms with van der Waals surface area (Å²) in [4.78, 5) is 24.0. The van der Waals surface area contributed by atoms with Crippen molar-refractivity contribution in [1.82, 2.24) is 4.98 Å². The van der Waals surface area contributed by atoms with E-state index in [0.29, 0.717) is 0 Å². The van der Waals surface area contributed by atoms with Crippen LogP contribution in [0.3, 0.4) is 0 Å². The zero-order valence-electron chi connectivity index (χ0n) is 8.18. The minimum atomic E-state index is -1.07. The van der Waals surface area contributed by atoms with Crippen LogP contribution in [-0.4, -0.2) is 27.0 Å². The van der Waals surface area contributed by atoms with Gasteiger partial charge in [-0.25, -0.2) is 4.98 Å². The number of hydrogen-bond donors (Lipinski definition) is 2. The molecule has 0 amide bonds. The molecule has 0 saturated carbocycles. The molecule has 1 aromatic heterocycles. The maximum Gasteiger partial charge on any atom is 0.325 e. The Morgan fingerprint density at radius 1 is 1.75 bits per heavy atom. The van der Waals surface area contributed by atoms with Crippen LogP contribution >= 0.6 is 11.6 Å². The molecule has 0 saturated heterocycles. The van der Waals surface area contributed by atoms with E-state index in [1.54, 1.807) is 0 Å². The van der Waals surface area contributed by atoms with Crippen molar-refractivity contribution in [3.8, 4) is 0 Å². The molecule has 0 aliphatic carbocycles. The van der Waals surface area contributed by atoms with E-state index in [1.807, 2.05) is 0 Å². The molecule has 7 nitrogen and oxygen atoms in total. The molecule has 1 atom stereocenters. The quantitative estimate of drug-likeness (QED) is 0.615. The number of hydrogen-bond acceptors (Lipinski definition) is 5. The van der Waals surface area contributed by atoms with Crippen LogP contribution in [0.1, 0.15) is 6.92 Å². The van der Waals surface area contributed by atoms with Crippen molar-refractivity contribution in [2.75, 3.05) is 5.32 Å². The van der Waals surface area contributed by atoms with E-state index < -0.39 is 16.9 Å². The summed E-state index contributed by atoms with van der Waals surface area (Å²) in [6.45, 7) is 1.40. The first-order chi connectivity index (χ1) is 7.41. The highest BCUT2D eigenvalue weighted by Gasteiger charge is 2.15. The summed E-state index contributed by atoms with van der Waals surface area (Å²) in [6.07, 6.45) is 1.00. The fourth-order valence-corrected chi connectivity index (χ4v) is 1.12. The van der Waals surface area contributed by atoms with Crippen molar-refractivity contribution in [3.63, 3.8) is 0 Å². The SMILES string of the molecule is C[C@H](Nc1ncc([N+](=O)[O-])cc1Cl)C(=O)O. The Morgan fingerprint density at radius 2 is 2.38 bits per heavy atom. The fraction of sp³-hybridized carbons (Fsp3) is 0.250. The summed E-state index contributed by atoms with van der Waals surface area (Å²) in [5.74, 6) is -0.974. The first-order valence-electron chi connectivity index (χ1n) is 4.21. The van der Waals surface area contributed by atoms with Gasteiger partial charge in [0.2, 0.25) is 0 Å². The normalized spacial score (nSPS) is 11.9. The molecule has 1 heterocycles. The number of anilines is 1. The highest BCUT2D eigenvalue weighted by Crippen LogP contribution is 2.24. The van der Waals surface area contributed by atoms with E-state index in [0.717, 1.165) is 12.3 Å². The van der Waals surface area contributed by atoms with Gasteiger partial charge in [0.1, 0.15) is 18.1 Å². The van der Waals surface area contributed by atoms with E-state index in [4.69, 9.17) is 16.7 Å². The Kier molecular flexibility index (Phi) is 3.62. The minimum absolute atomic E-state index is 0.00213. The van der Waals surface area contributed by atoms with E-state index in [9.17, 15) is 14.9 Å². The van der Waals surface area contributed by atoms with Gasteiger partial charge in [0.05, 0.1) is 9.95 Å². The second-order valence-corrected chi connectivity index (χ2v) is 3.39. The number of halogens is 1. The Balaban J connectivity index is 2.91. The first-order valence-corrected chi connectivity index (χ1v) is 4.59. The lowest BCUT2D eigenvalue weighted by Gasteiger charge is -2.10. The van der Waals surface area contributed by atoms with E-state index >= 15 is 0 Å². The van der Waals surface area contributed by atoms with Crippen LogP contribution in [0.2, 0.25) is 5.02 Å². The average molecular weight is 246 g/mol. The van der Waals surface area contributed by atoms with Gasteiger partial charge >= 0.3 is 5.97 Å². The van der Waals surface area contributed by atoms with Crippen molar-refractivity contribution >= 4 is 29.1 Å².